The Kier molecular flexibility index (Phi) is 10.4. The third-order valence-electron chi connectivity index (χ3n) is 6.88. The van der Waals surface area contributed by atoms with Crippen LogP contribution in [0.2, 0.25) is 0 Å². The summed E-state index contributed by atoms with van der Waals surface area (Å²) in [6.07, 6.45) is -0.00569. The number of hydrogen-bond acceptors (Lipinski definition) is 6. The monoisotopic (exact) mass is 586 g/mol. The first-order valence-electron chi connectivity index (χ1n) is 14.4. The van der Waals surface area contributed by atoms with E-state index < -0.39 is 35.6 Å². The standard InChI is InChI=1S/C33H38N4O6/c1-33(2,3)43-32(41)35-28(30(39)37-36-29(38)22-13-5-4-6-14-22)19-11-12-20-34-31(40)42-21-27-25-17-9-7-15-23(25)24-16-8-10-18-26(24)27/h4-10,13-18,27-28H,11-12,19-21H2,1-3H3,(H,34,40)(H,35,41)(H,36,38)(H,37,39)/t28-/m0/s1. The maximum absolute atomic E-state index is 12.9. The number of ether oxygens (including phenoxy) is 2. The summed E-state index contributed by atoms with van der Waals surface area (Å²) >= 11 is 0. The van der Waals surface area contributed by atoms with Gasteiger partial charge < -0.3 is 20.1 Å². The van der Waals surface area contributed by atoms with Crippen LogP contribution in [0.25, 0.3) is 11.1 Å². The van der Waals surface area contributed by atoms with E-state index in [1.807, 2.05) is 24.3 Å². The predicted molar refractivity (Wildman–Crippen MR) is 162 cm³/mol. The zero-order valence-corrected chi connectivity index (χ0v) is 24.6. The minimum atomic E-state index is -0.972. The normalized spacial score (nSPS) is 12.7. The fourth-order valence-corrected chi connectivity index (χ4v) is 4.90. The summed E-state index contributed by atoms with van der Waals surface area (Å²) < 4.78 is 10.9. The smallest absolute Gasteiger partial charge is 0.408 e. The highest BCUT2D eigenvalue weighted by Crippen LogP contribution is 2.44. The molecule has 0 bridgehead atoms. The summed E-state index contributed by atoms with van der Waals surface area (Å²) in [5, 5.41) is 5.32. The van der Waals surface area contributed by atoms with E-state index >= 15 is 0 Å². The number of benzene rings is 3. The molecular formula is C33H38N4O6. The minimum Gasteiger partial charge on any atom is -0.449 e. The van der Waals surface area contributed by atoms with Crippen LogP contribution in [-0.2, 0) is 14.3 Å². The van der Waals surface area contributed by atoms with Gasteiger partial charge in [-0.25, -0.2) is 9.59 Å². The van der Waals surface area contributed by atoms with Gasteiger partial charge in [0.15, 0.2) is 0 Å². The summed E-state index contributed by atoms with van der Waals surface area (Å²) in [5.41, 5.74) is 8.94. The van der Waals surface area contributed by atoms with Gasteiger partial charge in [0.05, 0.1) is 0 Å². The second kappa shape index (κ2) is 14.4. The molecule has 1 aliphatic carbocycles. The number of hydrogen-bond donors (Lipinski definition) is 4. The maximum atomic E-state index is 12.9. The molecule has 0 saturated heterocycles. The van der Waals surface area contributed by atoms with E-state index in [2.05, 4.69) is 45.8 Å². The van der Waals surface area contributed by atoms with Crippen molar-refractivity contribution < 1.29 is 28.7 Å². The summed E-state index contributed by atoms with van der Waals surface area (Å²) in [4.78, 5) is 50.0. The molecule has 43 heavy (non-hydrogen) atoms. The number of hydrazine groups is 1. The van der Waals surface area contributed by atoms with Crippen LogP contribution in [0.5, 0.6) is 0 Å². The minimum absolute atomic E-state index is 0.0290. The van der Waals surface area contributed by atoms with Crippen molar-refractivity contribution in [3.8, 4) is 11.1 Å². The first kappa shape index (κ1) is 31.1. The number of carbonyl (C=O) groups excluding carboxylic acids is 4. The van der Waals surface area contributed by atoms with Crippen LogP contribution in [0.3, 0.4) is 0 Å². The molecule has 0 heterocycles. The highest BCUT2D eigenvalue weighted by Gasteiger charge is 2.29. The van der Waals surface area contributed by atoms with Gasteiger partial charge in [-0.2, -0.15) is 0 Å². The van der Waals surface area contributed by atoms with E-state index in [1.54, 1.807) is 51.1 Å². The van der Waals surface area contributed by atoms with Gasteiger partial charge in [0.25, 0.3) is 11.8 Å². The second-order valence-electron chi connectivity index (χ2n) is 11.3. The number of fused-ring (bicyclic) bond motifs is 3. The summed E-state index contributed by atoms with van der Waals surface area (Å²) in [7, 11) is 0. The van der Waals surface area contributed by atoms with Gasteiger partial charge in [0, 0.05) is 18.0 Å². The molecule has 3 aromatic rings. The van der Waals surface area contributed by atoms with Crippen LogP contribution in [0.15, 0.2) is 78.9 Å². The lowest BCUT2D eigenvalue weighted by atomic mass is 9.98. The van der Waals surface area contributed by atoms with E-state index in [9.17, 15) is 19.2 Å². The Bertz CT molecular complexity index is 1390. The molecule has 0 fully saturated rings. The van der Waals surface area contributed by atoms with Crippen LogP contribution >= 0.6 is 0 Å². The predicted octanol–water partition coefficient (Wildman–Crippen LogP) is 5.05. The van der Waals surface area contributed by atoms with E-state index in [1.165, 1.54) is 0 Å². The quantitative estimate of drug-likeness (QED) is 0.194. The highest BCUT2D eigenvalue weighted by atomic mass is 16.6. The highest BCUT2D eigenvalue weighted by molar-refractivity contribution is 5.96. The zero-order chi connectivity index (χ0) is 30.8. The maximum Gasteiger partial charge on any atom is 0.408 e. The SMILES string of the molecule is CC(C)(C)OC(=O)N[C@@H](CCCCNC(=O)OCC1c2ccccc2-c2ccccc21)C(=O)NNC(=O)c1ccccc1. The number of carbonyl (C=O) groups is 4. The largest absolute Gasteiger partial charge is 0.449 e. The fraction of sp³-hybridized carbons (Fsp3) is 0.333. The lowest BCUT2D eigenvalue weighted by Gasteiger charge is -2.23. The molecule has 4 rings (SSSR count). The summed E-state index contributed by atoms with van der Waals surface area (Å²) in [6, 6.07) is 23.7. The third kappa shape index (κ3) is 8.81. The van der Waals surface area contributed by atoms with E-state index in [-0.39, 0.29) is 18.9 Å². The van der Waals surface area contributed by atoms with Crippen LogP contribution < -0.4 is 21.5 Å². The number of amides is 4. The molecule has 0 radical (unpaired) electrons. The van der Waals surface area contributed by atoms with E-state index in [0.717, 1.165) is 22.3 Å². The number of unbranched alkanes of at least 4 members (excludes halogenated alkanes) is 1. The van der Waals surface area contributed by atoms with Gasteiger partial charge in [-0.05, 0) is 74.4 Å². The Morgan fingerprint density at radius 3 is 2.00 bits per heavy atom. The van der Waals surface area contributed by atoms with E-state index in [4.69, 9.17) is 9.47 Å². The number of alkyl carbamates (subject to hydrolysis) is 2. The molecule has 3 aromatic carbocycles. The van der Waals surface area contributed by atoms with Crippen LogP contribution in [0.1, 0.15) is 67.4 Å². The van der Waals surface area contributed by atoms with Crippen molar-refractivity contribution in [1.29, 1.82) is 0 Å². The molecule has 226 valence electrons. The van der Waals surface area contributed by atoms with Crippen molar-refractivity contribution in [3.05, 3.63) is 95.6 Å². The summed E-state index contributed by atoms with van der Waals surface area (Å²) in [6.45, 7) is 5.70. The summed E-state index contributed by atoms with van der Waals surface area (Å²) in [5.74, 6) is -1.12. The lowest BCUT2D eigenvalue weighted by molar-refractivity contribution is -0.124. The topological polar surface area (TPSA) is 135 Å². The van der Waals surface area contributed by atoms with E-state index in [0.29, 0.717) is 24.9 Å². The van der Waals surface area contributed by atoms with Crippen LogP contribution in [0, 0.1) is 0 Å². The van der Waals surface area contributed by atoms with Gasteiger partial charge in [-0.3, -0.25) is 20.4 Å². The molecule has 1 aliphatic rings. The molecule has 0 saturated carbocycles. The molecule has 1 atom stereocenters. The molecule has 0 spiro atoms. The molecule has 0 unspecified atom stereocenters. The van der Waals surface area contributed by atoms with Crippen molar-refractivity contribution >= 4 is 24.0 Å². The van der Waals surface area contributed by atoms with Crippen molar-refractivity contribution in [3.63, 3.8) is 0 Å². The molecule has 0 aliphatic heterocycles. The molecule has 4 amide bonds. The fourth-order valence-electron chi connectivity index (χ4n) is 4.90. The van der Waals surface area contributed by atoms with Gasteiger partial charge in [0.1, 0.15) is 18.2 Å². The Morgan fingerprint density at radius 2 is 1.37 bits per heavy atom. The zero-order valence-electron chi connectivity index (χ0n) is 24.6. The second-order valence-corrected chi connectivity index (χ2v) is 11.3. The van der Waals surface area contributed by atoms with Gasteiger partial charge in [0.2, 0.25) is 0 Å². The molecule has 10 nitrogen and oxygen atoms in total. The Balaban J connectivity index is 1.23. The number of rotatable bonds is 10. The Morgan fingerprint density at radius 1 is 0.767 bits per heavy atom. The number of nitrogens with one attached hydrogen (secondary N) is 4. The van der Waals surface area contributed by atoms with Gasteiger partial charge in [-0.15, -0.1) is 0 Å². The van der Waals surface area contributed by atoms with Crippen molar-refractivity contribution in [2.24, 2.45) is 0 Å². The molecule has 10 heteroatoms. The third-order valence-corrected chi connectivity index (χ3v) is 6.88. The first-order chi connectivity index (χ1) is 20.6. The van der Waals surface area contributed by atoms with Gasteiger partial charge in [-0.1, -0.05) is 66.7 Å². The average molecular weight is 587 g/mol. The van der Waals surface area contributed by atoms with Crippen molar-refractivity contribution in [2.75, 3.05) is 13.2 Å². The van der Waals surface area contributed by atoms with Crippen LogP contribution in [0.4, 0.5) is 9.59 Å². The van der Waals surface area contributed by atoms with Crippen molar-refractivity contribution in [2.45, 2.75) is 57.6 Å². The first-order valence-corrected chi connectivity index (χ1v) is 14.4. The lowest BCUT2D eigenvalue weighted by Crippen LogP contribution is -2.53. The Hall–Kier alpha value is -4.86. The van der Waals surface area contributed by atoms with Gasteiger partial charge >= 0.3 is 12.2 Å². The molecular weight excluding hydrogens is 548 g/mol. The molecule has 0 aromatic heterocycles. The van der Waals surface area contributed by atoms with Crippen molar-refractivity contribution in [1.82, 2.24) is 21.5 Å². The average Bonchev–Trinajstić information content (AvgIpc) is 3.31. The Labute approximate surface area is 251 Å². The van der Waals surface area contributed by atoms with Crippen LogP contribution in [-0.4, -0.2) is 48.8 Å². The molecule has 4 N–H and O–H groups in total.